The van der Waals surface area contributed by atoms with Crippen molar-refractivity contribution >= 4 is 5.91 Å². The van der Waals surface area contributed by atoms with Crippen molar-refractivity contribution in [2.45, 2.75) is 40.0 Å². The molecule has 0 radical (unpaired) electrons. The number of aliphatic hydroxyl groups is 1. The molecule has 0 aliphatic carbocycles. The Morgan fingerprint density at radius 2 is 1.95 bits per heavy atom. The molecule has 112 valence electrons. The molecule has 0 spiro atoms. The predicted octanol–water partition coefficient (Wildman–Crippen LogP) is 2.70. The van der Waals surface area contributed by atoms with Gasteiger partial charge in [-0.25, -0.2) is 0 Å². The van der Waals surface area contributed by atoms with E-state index in [1.54, 1.807) is 0 Å². The van der Waals surface area contributed by atoms with Gasteiger partial charge >= 0.3 is 0 Å². The van der Waals surface area contributed by atoms with Gasteiger partial charge in [-0.05, 0) is 31.2 Å². The Hall–Kier alpha value is -1.35. The van der Waals surface area contributed by atoms with Gasteiger partial charge in [0.15, 0.2) is 0 Å². The summed E-state index contributed by atoms with van der Waals surface area (Å²) in [5.74, 6) is 0.446. The Balaban J connectivity index is 2.40. The number of benzene rings is 1. The smallest absolute Gasteiger partial charge is 0.223 e. The highest BCUT2D eigenvalue weighted by Gasteiger charge is 2.15. The zero-order valence-corrected chi connectivity index (χ0v) is 12.9. The van der Waals surface area contributed by atoms with Gasteiger partial charge in [0.05, 0.1) is 0 Å². The van der Waals surface area contributed by atoms with Crippen LogP contribution in [-0.2, 0) is 11.2 Å². The Bertz CT molecular complexity index is 400. The van der Waals surface area contributed by atoms with Gasteiger partial charge in [0, 0.05) is 19.1 Å². The first kappa shape index (κ1) is 16.7. The number of carbonyl (C=O) groups excluding carboxylic acids is 1. The monoisotopic (exact) mass is 277 g/mol. The van der Waals surface area contributed by atoms with Crippen LogP contribution >= 0.6 is 0 Å². The van der Waals surface area contributed by atoms with Crippen LogP contribution in [-0.4, -0.2) is 24.2 Å². The van der Waals surface area contributed by atoms with Gasteiger partial charge in [0.2, 0.25) is 5.91 Å². The molecule has 0 fully saturated rings. The van der Waals surface area contributed by atoms with E-state index >= 15 is 0 Å². The highest BCUT2D eigenvalue weighted by molar-refractivity contribution is 5.78. The minimum atomic E-state index is -0.0238. The van der Waals surface area contributed by atoms with E-state index in [1.807, 2.05) is 6.92 Å². The average Bonchev–Trinajstić information content (AvgIpc) is 2.45. The minimum absolute atomic E-state index is 0.0238. The first-order chi connectivity index (χ1) is 9.56. The highest BCUT2D eigenvalue weighted by atomic mass is 16.3. The molecule has 3 nitrogen and oxygen atoms in total. The number of hydrogen-bond acceptors (Lipinski definition) is 2. The molecule has 0 saturated carbocycles. The summed E-state index contributed by atoms with van der Waals surface area (Å²) in [6.07, 6.45) is 2.50. The van der Waals surface area contributed by atoms with E-state index in [4.69, 9.17) is 5.11 Å². The molecule has 2 N–H and O–H groups in total. The molecule has 3 heteroatoms. The predicted molar refractivity (Wildman–Crippen MR) is 82.5 cm³/mol. The van der Waals surface area contributed by atoms with Crippen molar-refractivity contribution in [2.75, 3.05) is 13.2 Å². The maximum atomic E-state index is 12.1. The fraction of sp³-hybridized carbons (Fsp3) is 0.588. The van der Waals surface area contributed by atoms with Crippen LogP contribution in [0, 0.1) is 18.8 Å². The molecule has 2 atom stereocenters. The molecule has 0 bridgehead atoms. The van der Waals surface area contributed by atoms with Crippen LogP contribution in [0.4, 0.5) is 0 Å². The molecule has 0 aliphatic rings. The lowest BCUT2D eigenvalue weighted by molar-refractivity contribution is -0.124. The van der Waals surface area contributed by atoms with Crippen LogP contribution in [0.15, 0.2) is 24.3 Å². The summed E-state index contributed by atoms with van der Waals surface area (Å²) in [6.45, 7) is 6.96. The molecule has 1 rings (SSSR count). The summed E-state index contributed by atoms with van der Waals surface area (Å²) in [4.78, 5) is 12.1. The number of nitrogens with one attached hydrogen (secondary N) is 1. The number of aryl methyl sites for hydroxylation is 1. The quantitative estimate of drug-likeness (QED) is 0.767. The number of amides is 1. The van der Waals surface area contributed by atoms with Crippen LogP contribution in [0.3, 0.4) is 0 Å². The van der Waals surface area contributed by atoms with E-state index in [1.165, 1.54) is 11.1 Å². The van der Waals surface area contributed by atoms with E-state index < -0.39 is 0 Å². The number of aliphatic hydroxyl groups excluding tert-OH is 1. The molecule has 2 unspecified atom stereocenters. The van der Waals surface area contributed by atoms with E-state index in [0.29, 0.717) is 12.5 Å². The van der Waals surface area contributed by atoms with E-state index in [2.05, 4.69) is 43.4 Å². The van der Waals surface area contributed by atoms with Crippen molar-refractivity contribution < 1.29 is 9.90 Å². The maximum absolute atomic E-state index is 12.1. The summed E-state index contributed by atoms with van der Waals surface area (Å²) in [5.41, 5.74) is 2.43. The van der Waals surface area contributed by atoms with Crippen LogP contribution in [0.2, 0.25) is 0 Å². The number of hydrogen-bond donors (Lipinski definition) is 2. The minimum Gasteiger partial charge on any atom is -0.396 e. The largest absolute Gasteiger partial charge is 0.396 e. The van der Waals surface area contributed by atoms with Crippen molar-refractivity contribution in [3.8, 4) is 0 Å². The molecule has 0 heterocycles. The number of rotatable bonds is 8. The molecule has 0 aromatic heterocycles. The molecule has 0 saturated heterocycles. The van der Waals surface area contributed by atoms with E-state index in [9.17, 15) is 4.79 Å². The van der Waals surface area contributed by atoms with Gasteiger partial charge in [-0.3, -0.25) is 4.79 Å². The second kappa shape index (κ2) is 8.75. The topological polar surface area (TPSA) is 49.3 Å². The Morgan fingerprint density at radius 1 is 1.30 bits per heavy atom. The summed E-state index contributed by atoms with van der Waals surface area (Å²) in [5, 5.41) is 11.9. The van der Waals surface area contributed by atoms with Gasteiger partial charge in [-0.1, -0.05) is 50.1 Å². The van der Waals surface area contributed by atoms with Crippen molar-refractivity contribution in [3.05, 3.63) is 35.4 Å². The summed E-state index contributed by atoms with van der Waals surface area (Å²) < 4.78 is 0. The van der Waals surface area contributed by atoms with E-state index in [-0.39, 0.29) is 18.4 Å². The second-order valence-corrected chi connectivity index (χ2v) is 5.62. The molecule has 1 amide bonds. The highest BCUT2D eigenvalue weighted by Crippen LogP contribution is 2.11. The third-order valence-corrected chi connectivity index (χ3v) is 3.79. The van der Waals surface area contributed by atoms with Gasteiger partial charge in [-0.2, -0.15) is 0 Å². The average molecular weight is 277 g/mol. The van der Waals surface area contributed by atoms with Crippen LogP contribution in [0.25, 0.3) is 0 Å². The van der Waals surface area contributed by atoms with Gasteiger partial charge in [0.25, 0.3) is 0 Å². The third-order valence-electron chi connectivity index (χ3n) is 3.79. The van der Waals surface area contributed by atoms with Crippen molar-refractivity contribution in [3.63, 3.8) is 0 Å². The van der Waals surface area contributed by atoms with Crippen LogP contribution < -0.4 is 5.32 Å². The lowest BCUT2D eigenvalue weighted by atomic mass is 9.98. The third kappa shape index (κ3) is 5.74. The van der Waals surface area contributed by atoms with Gasteiger partial charge in [-0.15, -0.1) is 0 Å². The fourth-order valence-corrected chi connectivity index (χ4v) is 2.22. The lowest BCUT2D eigenvalue weighted by Crippen LogP contribution is -2.34. The van der Waals surface area contributed by atoms with Crippen LogP contribution in [0.1, 0.15) is 37.8 Å². The van der Waals surface area contributed by atoms with Crippen molar-refractivity contribution in [2.24, 2.45) is 11.8 Å². The van der Waals surface area contributed by atoms with E-state index in [0.717, 1.165) is 19.3 Å². The van der Waals surface area contributed by atoms with Crippen LogP contribution in [0.5, 0.6) is 0 Å². The molecule has 1 aromatic carbocycles. The van der Waals surface area contributed by atoms with Gasteiger partial charge < -0.3 is 10.4 Å². The first-order valence-electron chi connectivity index (χ1n) is 7.50. The summed E-state index contributed by atoms with van der Waals surface area (Å²) >= 11 is 0. The molecule has 0 aliphatic heterocycles. The van der Waals surface area contributed by atoms with Crippen molar-refractivity contribution in [1.82, 2.24) is 5.32 Å². The summed E-state index contributed by atoms with van der Waals surface area (Å²) in [6, 6.07) is 8.32. The molecular formula is C17H27NO2. The Morgan fingerprint density at radius 3 is 2.50 bits per heavy atom. The fourth-order valence-electron chi connectivity index (χ4n) is 2.22. The Labute approximate surface area is 122 Å². The molecular weight excluding hydrogens is 250 g/mol. The summed E-state index contributed by atoms with van der Waals surface area (Å²) in [7, 11) is 0. The normalized spacial score (nSPS) is 13.8. The zero-order chi connectivity index (χ0) is 15.0. The second-order valence-electron chi connectivity index (χ2n) is 5.62. The molecule has 1 aromatic rings. The standard InChI is InChI=1S/C17H27NO2/c1-4-15(9-10-19)12-18-17(20)14(3)11-16-7-5-13(2)6-8-16/h5-8,14-15,19H,4,9-12H2,1-3H3,(H,18,20). The maximum Gasteiger partial charge on any atom is 0.223 e. The lowest BCUT2D eigenvalue weighted by Gasteiger charge is -2.17. The first-order valence-corrected chi connectivity index (χ1v) is 7.50. The van der Waals surface area contributed by atoms with Crippen molar-refractivity contribution in [1.29, 1.82) is 0 Å². The van der Waals surface area contributed by atoms with Gasteiger partial charge in [0.1, 0.15) is 0 Å². The Kier molecular flexibility index (Phi) is 7.31. The SMILES string of the molecule is CCC(CCO)CNC(=O)C(C)Cc1ccc(C)cc1. The zero-order valence-electron chi connectivity index (χ0n) is 12.9. The molecule has 20 heavy (non-hydrogen) atoms. The number of carbonyl (C=O) groups is 1.